The largest absolute Gasteiger partial charge is 0.493 e. The van der Waals surface area contributed by atoms with Crippen LogP contribution in [-0.2, 0) is 16.1 Å². The Morgan fingerprint density at radius 3 is 2.36 bits per heavy atom. The van der Waals surface area contributed by atoms with Gasteiger partial charge in [-0.3, -0.25) is 9.59 Å². The Hall–Kier alpha value is -3.03. The van der Waals surface area contributed by atoms with Gasteiger partial charge >= 0.3 is 12.1 Å². The minimum Gasteiger partial charge on any atom is -0.493 e. The van der Waals surface area contributed by atoms with Crippen molar-refractivity contribution in [3.63, 3.8) is 0 Å². The number of amides is 2. The molecule has 2 amide bonds. The molecule has 2 rings (SSSR count). The average Bonchev–Trinajstić information content (AvgIpc) is 2.65. The lowest BCUT2D eigenvalue weighted by atomic mass is 10.2. The molecule has 0 radical (unpaired) electrons. The Morgan fingerprint density at radius 1 is 1.04 bits per heavy atom. The number of nitrogens with one attached hydrogen (secondary N) is 2. The lowest BCUT2D eigenvalue weighted by molar-refractivity contribution is -0.173. The molecule has 0 fully saturated rings. The second-order valence-corrected chi connectivity index (χ2v) is 6.14. The Labute approximate surface area is 160 Å². The Morgan fingerprint density at radius 2 is 1.71 bits per heavy atom. The molecule has 0 spiro atoms. The van der Waals surface area contributed by atoms with E-state index in [1.807, 2.05) is 31.2 Å². The Kier molecular flexibility index (Phi) is 7.43. The van der Waals surface area contributed by atoms with Crippen LogP contribution in [0.4, 0.5) is 18.9 Å². The highest BCUT2D eigenvalue weighted by Gasteiger charge is 2.38. The van der Waals surface area contributed by atoms with Crippen molar-refractivity contribution in [3.05, 3.63) is 59.7 Å². The van der Waals surface area contributed by atoms with Crippen molar-refractivity contribution in [2.45, 2.75) is 32.5 Å². The van der Waals surface area contributed by atoms with E-state index in [2.05, 4.69) is 5.32 Å². The monoisotopic (exact) mass is 394 g/mol. The van der Waals surface area contributed by atoms with E-state index in [4.69, 9.17) is 4.74 Å². The van der Waals surface area contributed by atoms with Crippen molar-refractivity contribution in [2.24, 2.45) is 0 Å². The van der Waals surface area contributed by atoms with Gasteiger partial charge in [0.25, 0.3) is 0 Å². The molecule has 2 N–H and O–H groups in total. The maximum atomic E-state index is 12.1. The van der Waals surface area contributed by atoms with Gasteiger partial charge in [0.1, 0.15) is 5.75 Å². The molecule has 0 heterocycles. The summed E-state index contributed by atoms with van der Waals surface area (Å²) in [6.45, 7) is 2.11. The van der Waals surface area contributed by atoms with Crippen molar-refractivity contribution in [2.75, 3.05) is 11.9 Å². The number of carbonyl (C=O) groups excluding carboxylic acids is 2. The second-order valence-electron chi connectivity index (χ2n) is 6.14. The second kappa shape index (κ2) is 9.77. The van der Waals surface area contributed by atoms with E-state index in [9.17, 15) is 22.8 Å². The molecule has 0 aliphatic heterocycles. The van der Waals surface area contributed by atoms with Crippen LogP contribution >= 0.6 is 0 Å². The number of anilines is 1. The van der Waals surface area contributed by atoms with Crippen LogP contribution in [0.15, 0.2) is 48.5 Å². The molecule has 150 valence electrons. The van der Waals surface area contributed by atoms with Crippen LogP contribution in [0.5, 0.6) is 5.75 Å². The highest BCUT2D eigenvalue weighted by Crippen LogP contribution is 2.17. The van der Waals surface area contributed by atoms with Gasteiger partial charge in [-0.15, -0.1) is 0 Å². The van der Waals surface area contributed by atoms with Gasteiger partial charge < -0.3 is 15.4 Å². The van der Waals surface area contributed by atoms with Crippen LogP contribution in [0.2, 0.25) is 0 Å². The van der Waals surface area contributed by atoms with Crippen LogP contribution in [0.3, 0.4) is 0 Å². The fourth-order valence-electron chi connectivity index (χ4n) is 2.35. The standard InChI is InChI=1S/C20H21F3N2O3/c1-14-5-2-3-6-17(14)28-12-4-7-18(26)25-16-10-8-15(9-11-16)13-24-19(27)20(21,22)23/h2-3,5-6,8-11H,4,7,12-13H2,1H3,(H,24,27)(H,25,26). The van der Waals surface area contributed by atoms with Gasteiger partial charge in [-0.05, 0) is 42.7 Å². The van der Waals surface area contributed by atoms with E-state index >= 15 is 0 Å². The summed E-state index contributed by atoms with van der Waals surface area (Å²) in [5, 5.41) is 4.49. The molecule has 0 unspecified atom stereocenters. The minimum absolute atomic E-state index is 0.188. The van der Waals surface area contributed by atoms with Crippen LogP contribution in [0.25, 0.3) is 0 Å². The first-order valence-corrected chi connectivity index (χ1v) is 8.68. The van der Waals surface area contributed by atoms with E-state index < -0.39 is 12.1 Å². The molecule has 0 aromatic heterocycles. The molecular formula is C20H21F3N2O3. The summed E-state index contributed by atoms with van der Waals surface area (Å²) in [5.74, 6) is -1.39. The average molecular weight is 394 g/mol. The van der Waals surface area contributed by atoms with E-state index in [0.29, 0.717) is 24.3 Å². The third kappa shape index (κ3) is 6.94. The summed E-state index contributed by atoms with van der Waals surface area (Å²) < 4.78 is 42.0. The summed E-state index contributed by atoms with van der Waals surface area (Å²) in [5.41, 5.74) is 2.04. The molecule has 5 nitrogen and oxygen atoms in total. The van der Waals surface area contributed by atoms with Crippen molar-refractivity contribution in [1.82, 2.24) is 5.32 Å². The van der Waals surface area contributed by atoms with E-state index in [-0.39, 0.29) is 18.9 Å². The lowest BCUT2D eigenvalue weighted by Crippen LogP contribution is -2.36. The van der Waals surface area contributed by atoms with Crippen LogP contribution in [0, 0.1) is 6.92 Å². The van der Waals surface area contributed by atoms with Crippen LogP contribution in [0.1, 0.15) is 24.0 Å². The van der Waals surface area contributed by atoms with Crippen molar-refractivity contribution >= 4 is 17.5 Å². The Balaban J connectivity index is 1.70. The molecule has 0 atom stereocenters. The number of rotatable bonds is 8. The molecular weight excluding hydrogens is 373 g/mol. The molecule has 2 aromatic carbocycles. The molecule has 2 aromatic rings. The summed E-state index contributed by atoms with van der Waals surface area (Å²) >= 11 is 0. The first kappa shape index (κ1) is 21.3. The maximum absolute atomic E-state index is 12.1. The number of para-hydroxylation sites is 1. The fraction of sp³-hybridized carbons (Fsp3) is 0.300. The number of aryl methyl sites for hydroxylation is 1. The molecule has 0 aliphatic carbocycles. The number of benzene rings is 2. The number of hydrogen-bond donors (Lipinski definition) is 2. The normalized spacial score (nSPS) is 11.0. The third-order valence-electron chi connectivity index (χ3n) is 3.85. The van der Waals surface area contributed by atoms with Gasteiger partial charge in [-0.1, -0.05) is 30.3 Å². The Bertz CT molecular complexity index is 805. The summed E-state index contributed by atoms with van der Waals surface area (Å²) in [4.78, 5) is 22.7. The van der Waals surface area contributed by atoms with Gasteiger partial charge in [0.15, 0.2) is 0 Å². The number of carbonyl (C=O) groups is 2. The van der Waals surface area contributed by atoms with E-state index in [1.54, 1.807) is 17.4 Å². The number of alkyl halides is 3. The van der Waals surface area contributed by atoms with Gasteiger partial charge in [0.05, 0.1) is 6.61 Å². The van der Waals surface area contributed by atoms with Gasteiger partial charge in [0.2, 0.25) is 5.91 Å². The van der Waals surface area contributed by atoms with Crippen molar-refractivity contribution < 1.29 is 27.5 Å². The minimum atomic E-state index is -4.91. The molecule has 0 saturated carbocycles. The molecule has 0 aliphatic rings. The smallest absolute Gasteiger partial charge is 0.471 e. The topological polar surface area (TPSA) is 67.4 Å². The van der Waals surface area contributed by atoms with E-state index in [1.165, 1.54) is 12.1 Å². The van der Waals surface area contributed by atoms with Crippen LogP contribution < -0.4 is 15.4 Å². The highest BCUT2D eigenvalue weighted by atomic mass is 19.4. The quantitative estimate of drug-likeness (QED) is 0.666. The molecule has 8 heteroatoms. The SMILES string of the molecule is Cc1ccccc1OCCCC(=O)Nc1ccc(CNC(=O)C(F)(F)F)cc1. The van der Waals surface area contributed by atoms with Crippen molar-refractivity contribution in [1.29, 1.82) is 0 Å². The zero-order chi connectivity index (χ0) is 20.6. The zero-order valence-electron chi connectivity index (χ0n) is 15.3. The molecule has 0 saturated heterocycles. The summed E-state index contributed by atoms with van der Waals surface area (Å²) in [6, 6.07) is 13.8. The van der Waals surface area contributed by atoms with E-state index in [0.717, 1.165) is 11.3 Å². The maximum Gasteiger partial charge on any atom is 0.471 e. The van der Waals surface area contributed by atoms with Gasteiger partial charge in [-0.25, -0.2) is 0 Å². The lowest BCUT2D eigenvalue weighted by Gasteiger charge is -2.10. The summed E-state index contributed by atoms with van der Waals surface area (Å²) in [6.07, 6.45) is -4.09. The summed E-state index contributed by atoms with van der Waals surface area (Å²) in [7, 11) is 0. The number of ether oxygens (including phenoxy) is 1. The predicted molar refractivity (Wildman–Crippen MR) is 98.9 cm³/mol. The molecule has 0 bridgehead atoms. The zero-order valence-corrected chi connectivity index (χ0v) is 15.3. The number of halogens is 3. The fourth-order valence-corrected chi connectivity index (χ4v) is 2.35. The predicted octanol–water partition coefficient (Wildman–Crippen LogP) is 3.97. The third-order valence-corrected chi connectivity index (χ3v) is 3.85. The van der Waals surface area contributed by atoms with Crippen LogP contribution in [-0.4, -0.2) is 24.6 Å². The first-order chi connectivity index (χ1) is 13.3. The molecule has 28 heavy (non-hydrogen) atoms. The van der Waals surface area contributed by atoms with Gasteiger partial charge in [0, 0.05) is 18.7 Å². The van der Waals surface area contributed by atoms with Crippen molar-refractivity contribution in [3.8, 4) is 5.75 Å². The number of hydrogen-bond acceptors (Lipinski definition) is 3. The first-order valence-electron chi connectivity index (χ1n) is 8.68. The highest BCUT2D eigenvalue weighted by molar-refractivity contribution is 5.90. The van der Waals surface area contributed by atoms with Gasteiger partial charge in [-0.2, -0.15) is 13.2 Å².